The van der Waals surface area contributed by atoms with Crippen LogP contribution in [0.25, 0.3) is 22.2 Å². The Bertz CT molecular complexity index is 1050. The molecule has 0 fully saturated rings. The first-order valence-electron chi connectivity index (χ1n) is 8.99. The Hall–Kier alpha value is -3.05. The van der Waals surface area contributed by atoms with E-state index in [2.05, 4.69) is 4.98 Å². The lowest BCUT2D eigenvalue weighted by molar-refractivity contribution is 0.148. The molecule has 1 atom stereocenters. The van der Waals surface area contributed by atoms with Crippen LogP contribution >= 0.6 is 0 Å². The Balaban J connectivity index is 1.51. The molecule has 0 amide bonds. The second kappa shape index (κ2) is 7.29. The second-order valence-electron chi connectivity index (χ2n) is 6.45. The number of nitrogens with zero attached hydrogens (tertiary/aromatic N) is 1. The molecule has 0 saturated heterocycles. The molecule has 2 aromatic carbocycles. The van der Waals surface area contributed by atoms with Crippen molar-refractivity contribution < 1.29 is 18.7 Å². The van der Waals surface area contributed by atoms with Crippen molar-refractivity contribution in [1.29, 1.82) is 0 Å². The number of aliphatic hydroxyl groups is 1. The minimum absolute atomic E-state index is 0.315. The van der Waals surface area contributed by atoms with E-state index in [9.17, 15) is 5.11 Å². The van der Waals surface area contributed by atoms with Crippen molar-refractivity contribution in [3.8, 4) is 17.2 Å². The van der Waals surface area contributed by atoms with Crippen LogP contribution in [-0.4, -0.2) is 10.1 Å². The molecule has 0 aliphatic heterocycles. The minimum Gasteiger partial charge on any atom is -0.487 e. The van der Waals surface area contributed by atoms with Gasteiger partial charge in [0, 0.05) is 16.3 Å². The van der Waals surface area contributed by atoms with Crippen molar-refractivity contribution >= 4 is 10.8 Å². The Morgan fingerprint density at radius 2 is 1.96 bits per heavy atom. The molecule has 0 bridgehead atoms. The normalized spacial score (nSPS) is 12.4. The predicted octanol–water partition coefficient (Wildman–Crippen LogP) is 5.42. The zero-order valence-electron chi connectivity index (χ0n) is 15.3. The number of furan rings is 1. The first-order chi connectivity index (χ1) is 13.2. The molecule has 27 heavy (non-hydrogen) atoms. The summed E-state index contributed by atoms with van der Waals surface area (Å²) < 4.78 is 17.2. The molecule has 0 spiro atoms. The van der Waals surface area contributed by atoms with Crippen molar-refractivity contribution in [2.75, 3.05) is 0 Å². The Labute approximate surface area is 157 Å². The number of aromatic nitrogens is 1. The second-order valence-corrected chi connectivity index (χ2v) is 6.45. The predicted molar refractivity (Wildman–Crippen MR) is 102 cm³/mol. The first-order valence-corrected chi connectivity index (χ1v) is 8.99. The third kappa shape index (κ3) is 3.46. The zero-order chi connectivity index (χ0) is 18.8. The summed E-state index contributed by atoms with van der Waals surface area (Å²) in [6, 6.07) is 15.5. The molecule has 0 radical (unpaired) electrons. The fourth-order valence-electron chi connectivity index (χ4n) is 3.00. The van der Waals surface area contributed by atoms with Gasteiger partial charge in [0.25, 0.3) is 0 Å². The molecule has 138 valence electrons. The van der Waals surface area contributed by atoms with Gasteiger partial charge in [0.1, 0.15) is 35.7 Å². The van der Waals surface area contributed by atoms with E-state index in [4.69, 9.17) is 13.6 Å². The van der Waals surface area contributed by atoms with E-state index in [1.165, 1.54) is 0 Å². The van der Waals surface area contributed by atoms with Crippen LogP contribution in [0.15, 0.2) is 63.6 Å². The highest BCUT2D eigenvalue weighted by Gasteiger charge is 2.15. The number of rotatable bonds is 6. The van der Waals surface area contributed by atoms with Crippen LogP contribution in [0.1, 0.15) is 36.7 Å². The molecule has 5 heteroatoms. The maximum Gasteiger partial charge on any atom is 0.226 e. The van der Waals surface area contributed by atoms with E-state index in [1.807, 2.05) is 62.4 Å². The van der Waals surface area contributed by atoms with Gasteiger partial charge in [0.15, 0.2) is 0 Å². The topological polar surface area (TPSA) is 68.6 Å². The van der Waals surface area contributed by atoms with E-state index in [1.54, 1.807) is 6.26 Å². The Kier molecular flexibility index (Phi) is 4.69. The number of aliphatic hydroxyl groups excluding tert-OH is 1. The lowest BCUT2D eigenvalue weighted by Crippen LogP contribution is -1.97. The summed E-state index contributed by atoms with van der Waals surface area (Å²) >= 11 is 0. The summed E-state index contributed by atoms with van der Waals surface area (Å²) in [5.41, 5.74) is 1.71. The average Bonchev–Trinajstić information content (AvgIpc) is 3.29. The molecule has 1 N–H and O–H groups in total. The van der Waals surface area contributed by atoms with E-state index in [0.29, 0.717) is 30.4 Å². The zero-order valence-corrected chi connectivity index (χ0v) is 15.3. The number of hydrogen-bond donors (Lipinski definition) is 1. The van der Waals surface area contributed by atoms with Gasteiger partial charge in [0.05, 0.1) is 6.26 Å². The summed E-state index contributed by atoms with van der Waals surface area (Å²) in [4.78, 5) is 4.55. The molecule has 1 unspecified atom stereocenters. The monoisotopic (exact) mass is 363 g/mol. The number of fused-ring (bicyclic) bond motifs is 1. The molecule has 0 aliphatic carbocycles. The van der Waals surface area contributed by atoms with Crippen LogP contribution in [0.3, 0.4) is 0 Å². The van der Waals surface area contributed by atoms with Gasteiger partial charge in [-0.25, -0.2) is 4.98 Å². The molecule has 0 aliphatic rings. The summed E-state index contributed by atoms with van der Waals surface area (Å²) in [6.07, 6.45) is 1.66. The quantitative estimate of drug-likeness (QED) is 0.495. The molecule has 2 heterocycles. The van der Waals surface area contributed by atoms with E-state index in [-0.39, 0.29) is 0 Å². The standard InChI is InChI=1S/C22H21NO4/c1-3-20(24)21-18-10-9-17(11-16(18)12-26-21)25-13-19-14(2)27-22(23-19)15-7-5-4-6-8-15/h4-12,20,24H,3,13H2,1-2H3. The molecule has 5 nitrogen and oxygen atoms in total. The molecule has 4 rings (SSSR count). The number of oxazole rings is 1. The Morgan fingerprint density at radius 3 is 2.74 bits per heavy atom. The van der Waals surface area contributed by atoms with Gasteiger partial charge in [-0.1, -0.05) is 25.1 Å². The highest BCUT2D eigenvalue weighted by atomic mass is 16.5. The van der Waals surface area contributed by atoms with E-state index >= 15 is 0 Å². The molecular weight excluding hydrogens is 342 g/mol. The first kappa shape index (κ1) is 17.4. The third-order valence-electron chi connectivity index (χ3n) is 4.58. The highest BCUT2D eigenvalue weighted by molar-refractivity contribution is 5.85. The number of benzene rings is 2. The minimum atomic E-state index is -0.594. The van der Waals surface area contributed by atoms with Crippen molar-refractivity contribution in [2.45, 2.75) is 33.0 Å². The Morgan fingerprint density at radius 1 is 1.15 bits per heavy atom. The van der Waals surface area contributed by atoms with Gasteiger partial charge < -0.3 is 18.7 Å². The van der Waals surface area contributed by atoms with Crippen LogP contribution in [0, 0.1) is 6.92 Å². The van der Waals surface area contributed by atoms with E-state index < -0.39 is 6.10 Å². The van der Waals surface area contributed by atoms with Crippen LogP contribution in [0.5, 0.6) is 5.75 Å². The van der Waals surface area contributed by atoms with Crippen LogP contribution in [0.4, 0.5) is 0 Å². The summed E-state index contributed by atoms with van der Waals surface area (Å²) in [7, 11) is 0. The summed E-state index contributed by atoms with van der Waals surface area (Å²) in [5, 5.41) is 11.8. The van der Waals surface area contributed by atoms with Gasteiger partial charge in [-0.3, -0.25) is 0 Å². The van der Waals surface area contributed by atoms with Crippen molar-refractivity contribution in [1.82, 2.24) is 4.98 Å². The van der Waals surface area contributed by atoms with Crippen molar-refractivity contribution in [2.24, 2.45) is 0 Å². The maximum atomic E-state index is 10.0. The van der Waals surface area contributed by atoms with Gasteiger partial charge in [0.2, 0.25) is 5.89 Å². The largest absolute Gasteiger partial charge is 0.487 e. The van der Waals surface area contributed by atoms with Crippen LogP contribution in [0.2, 0.25) is 0 Å². The smallest absolute Gasteiger partial charge is 0.226 e. The van der Waals surface area contributed by atoms with Gasteiger partial charge in [-0.2, -0.15) is 0 Å². The van der Waals surface area contributed by atoms with Crippen LogP contribution in [-0.2, 0) is 6.61 Å². The lowest BCUT2D eigenvalue weighted by Gasteiger charge is -2.06. The van der Waals surface area contributed by atoms with Gasteiger partial charge in [-0.15, -0.1) is 0 Å². The fraction of sp³-hybridized carbons (Fsp3) is 0.227. The summed E-state index contributed by atoms with van der Waals surface area (Å²) in [5.74, 6) is 2.64. The molecule has 2 aromatic heterocycles. The van der Waals surface area contributed by atoms with Crippen molar-refractivity contribution in [3.05, 3.63) is 72.0 Å². The molecular formula is C22H21NO4. The third-order valence-corrected chi connectivity index (χ3v) is 4.58. The van der Waals surface area contributed by atoms with Gasteiger partial charge in [-0.05, 0) is 43.7 Å². The maximum absolute atomic E-state index is 10.0. The van der Waals surface area contributed by atoms with E-state index in [0.717, 1.165) is 27.8 Å². The number of aryl methyl sites for hydroxylation is 1. The number of ether oxygens (including phenoxy) is 1. The molecule has 4 aromatic rings. The highest BCUT2D eigenvalue weighted by Crippen LogP contribution is 2.31. The number of hydrogen-bond acceptors (Lipinski definition) is 5. The summed E-state index contributed by atoms with van der Waals surface area (Å²) in [6.45, 7) is 4.12. The fourth-order valence-corrected chi connectivity index (χ4v) is 3.00. The van der Waals surface area contributed by atoms with Crippen LogP contribution < -0.4 is 4.74 Å². The van der Waals surface area contributed by atoms with Gasteiger partial charge >= 0.3 is 0 Å². The van der Waals surface area contributed by atoms with Crippen molar-refractivity contribution in [3.63, 3.8) is 0 Å². The SMILES string of the molecule is CCC(O)c1occ2cc(OCc3nc(-c4ccccc4)oc3C)ccc12. The lowest BCUT2D eigenvalue weighted by atomic mass is 10.1. The average molecular weight is 363 g/mol. The molecule has 0 saturated carbocycles.